The Morgan fingerprint density at radius 1 is 1.13 bits per heavy atom. The summed E-state index contributed by atoms with van der Waals surface area (Å²) in [6, 6.07) is 10.2. The van der Waals surface area contributed by atoms with Crippen molar-refractivity contribution in [2.24, 2.45) is 5.73 Å². The SMILES string of the molecule is NC(=O)[C@H](Cc1ccc(O)cc1)NC(=O)C1=C[C@@H](Oc2ccc(F)cc2)[C@H](O)[C@H](O)C1. The molecule has 0 fully saturated rings. The largest absolute Gasteiger partial charge is 0.508 e. The molecule has 4 atom stereocenters. The van der Waals surface area contributed by atoms with E-state index >= 15 is 0 Å². The summed E-state index contributed by atoms with van der Waals surface area (Å²) in [4.78, 5) is 24.6. The van der Waals surface area contributed by atoms with Crippen molar-refractivity contribution >= 4 is 11.8 Å². The van der Waals surface area contributed by atoms with Crippen LogP contribution in [-0.4, -0.2) is 51.5 Å². The van der Waals surface area contributed by atoms with E-state index in [1.54, 1.807) is 12.1 Å². The minimum absolute atomic E-state index is 0.0653. The van der Waals surface area contributed by atoms with Crippen molar-refractivity contribution in [1.82, 2.24) is 5.32 Å². The molecule has 0 saturated carbocycles. The zero-order valence-corrected chi connectivity index (χ0v) is 16.4. The van der Waals surface area contributed by atoms with Gasteiger partial charge in [-0.25, -0.2) is 4.39 Å². The second kappa shape index (κ2) is 9.59. The predicted octanol–water partition coefficient (Wildman–Crippen LogP) is 0.543. The Hall–Kier alpha value is -3.43. The highest BCUT2D eigenvalue weighted by Crippen LogP contribution is 2.24. The Balaban J connectivity index is 1.73. The minimum atomic E-state index is -1.30. The Labute approximate surface area is 177 Å². The fourth-order valence-corrected chi connectivity index (χ4v) is 3.21. The lowest BCUT2D eigenvalue weighted by atomic mass is 9.91. The van der Waals surface area contributed by atoms with Crippen LogP contribution < -0.4 is 15.8 Å². The summed E-state index contributed by atoms with van der Waals surface area (Å²) in [5, 5.41) is 32.3. The highest BCUT2D eigenvalue weighted by Gasteiger charge is 2.35. The van der Waals surface area contributed by atoms with Gasteiger partial charge < -0.3 is 31.1 Å². The second-order valence-corrected chi connectivity index (χ2v) is 7.29. The molecule has 2 amide bonds. The van der Waals surface area contributed by atoms with Crippen LogP contribution in [0.15, 0.2) is 60.2 Å². The van der Waals surface area contributed by atoms with Crippen LogP contribution in [0.5, 0.6) is 11.5 Å². The van der Waals surface area contributed by atoms with Gasteiger partial charge in [-0.15, -0.1) is 0 Å². The lowest BCUT2D eigenvalue weighted by molar-refractivity contribution is -0.126. The summed E-state index contributed by atoms with van der Waals surface area (Å²) in [5.41, 5.74) is 6.20. The number of aromatic hydroxyl groups is 1. The summed E-state index contributed by atoms with van der Waals surface area (Å²) in [5.74, 6) is -1.54. The Bertz CT molecular complexity index is 961. The maximum absolute atomic E-state index is 13.1. The van der Waals surface area contributed by atoms with E-state index in [4.69, 9.17) is 10.5 Å². The van der Waals surface area contributed by atoms with E-state index in [9.17, 15) is 29.3 Å². The molecule has 0 saturated heterocycles. The predicted molar refractivity (Wildman–Crippen MR) is 108 cm³/mol. The average molecular weight is 430 g/mol. The summed E-state index contributed by atoms with van der Waals surface area (Å²) in [7, 11) is 0. The van der Waals surface area contributed by atoms with Crippen molar-refractivity contribution in [3.05, 3.63) is 71.6 Å². The molecule has 0 aliphatic heterocycles. The second-order valence-electron chi connectivity index (χ2n) is 7.29. The van der Waals surface area contributed by atoms with E-state index in [0.717, 1.165) is 0 Å². The normalized spacial score (nSPS) is 21.6. The molecule has 2 aromatic rings. The number of aliphatic hydroxyl groups excluding tert-OH is 2. The number of aliphatic hydroxyl groups is 2. The summed E-state index contributed by atoms with van der Waals surface area (Å²) >= 11 is 0. The smallest absolute Gasteiger partial charge is 0.247 e. The number of ether oxygens (including phenoxy) is 1. The fraction of sp³-hybridized carbons (Fsp3) is 0.273. The van der Waals surface area contributed by atoms with Gasteiger partial charge in [0.15, 0.2) is 0 Å². The highest BCUT2D eigenvalue weighted by atomic mass is 19.1. The quantitative estimate of drug-likeness (QED) is 0.434. The average Bonchev–Trinajstić information content (AvgIpc) is 2.73. The number of halogens is 1. The van der Waals surface area contributed by atoms with Gasteiger partial charge in [-0.1, -0.05) is 12.1 Å². The van der Waals surface area contributed by atoms with E-state index in [1.165, 1.54) is 42.5 Å². The number of benzene rings is 2. The monoisotopic (exact) mass is 430 g/mol. The molecule has 0 unspecified atom stereocenters. The minimum Gasteiger partial charge on any atom is -0.508 e. The number of phenols is 1. The van der Waals surface area contributed by atoms with Gasteiger partial charge >= 0.3 is 0 Å². The number of amides is 2. The number of carbonyl (C=O) groups excluding carboxylic acids is 2. The zero-order valence-electron chi connectivity index (χ0n) is 16.4. The van der Waals surface area contributed by atoms with Crippen molar-refractivity contribution in [3.63, 3.8) is 0 Å². The molecule has 0 aromatic heterocycles. The molecule has 0 bridgehead atoms. The van der Waals surface area contributed by atoms with Gasteiger partial charge in [-0.05, 0) is 48.0 Å². The molecule has 1 aliphatic rings. The van der Waals surface area contributed by atoms with E-state index in [1.807, 2.05) is 0 Å². The van der Waals surface area contributed by atoms with Crippen LogP contribution in [0.25, 0.3) is 0 Å². The van der Waals surface area contributed by atoms with Gasteiger partial charge in [-0.3, -0.25) is 9.59 Å². The standard InChI is InChI=1S/C22H23FN2O6/c23-14-3-7-16(8-4-14)31-19-11-13(10-18(27)20(19)28)22(30)25-17(21(24)29)9-12-1-5-15(26)6-2-12/h1-8,11,17-20,26-28H,9-10H2,(H2,24,29)(H,25,30)/t17-,18+,19+,20+/m0/s1. The molecule has 8 nitrogen and oxygen atoms in total. The molecular weight excluding hydrogens is 407 g/mol. The number of hydrogen-bond donors (Lipinski definition) is 5. The molecule has 9 heteroatoms. The third kappa shape index (κ3) is 5.80. The molecule has 31 heavy (non-hydrogen) atoms. The third-order valence-corrected chi connectivity index (χ3v) is 4.93. The molecule has 0 heterocycles. The molecule has 6 N–H and O–H groups in total. The molecule has 2 aromatic carbocycles. The van der Waals surface area contributed by atoms with Gasteiger partial charge in [0.2, 0.25) is 11.8 Å². The summed E-state index contributed by atoms with van der Waals surface area (Å²) in [6.07, 6.45) is -2.32. The summed E-state index contributed by atoms with van der Waals surface area (Å²) in [6.45, 7) is 0. The first kappa shape index (κ1) is 22.3. The fourth-order valence-electron chi connectivity index (χ4n) is 3.21. The first-order chi connectivity index (χ1) is 14.7. The van der Waals surface area contributed by atoms with E-state index < -0.39 is 42.0 Å². The van der Waals surface area contributed by atoms with Crippen LogP contribution in [0.2, 0.25) is 0 Å². The first-order valence-corrected chi connectivity index (χ1v) is 9.60. The lowest BCUT2D eigenvalue weighted by Gasteiger charge is -2.31. The molecule has 0 spiro atoms. The van der Waals surface area contributed by atoms with Crippen LogP contribution in [0, 0.1) is 5.82 Å². The number of rotatable bonds is 7. The van der Waals surface area contributed by atoms with Crippen LogP contribution in [0.3, 0.4) is 0 Å². The van der Waals surface area contributed by atoms with Crippen LogP contribution >= 0.6 is 0 Å². The maximum Gasteiger partial charge on any atom is 0.247 e. The first-order valence-electron chi connectivity index (χ1n) is 9.60. The Morgan fingerprint density at radius 3 is 2.39 bits per heavy atom. The Kier molecular flexibility index (Phi) is 6.88. The molecule has 3 rings (SSSR count). The van der Waals surface area contributed by atoms with Gasteiger partial charge in [0.1, 0.15) is 35.6 Å². The number of hydrogen-bond acceptors (Lipinski definition) is 6. The van der Waals surface area contributed by atoms with Crippen molar-refractivity contribution in [1.29, 1.82) is 0 Å². The van der Waals surface area contributed by atoms with Gasteiger partial charge in [0, 0.05) is 18.4 Å². The molecule has 0 radical (unpaired) electrons. The topological polar surface area (TPSA) is 142 Å². The number of nitrogens with two attached hydrogens (primary N) is 1. The zero-order chi connectivity index (χ0) is 22.5. The number of nitrogens with one attached hydrogen (secondary N) is 1. The molecule has 164 valence electrons. The molecule has 1 aliphatic carbocycles. The van der Waals surface area contributed by atoms with Crippen LogP contribution in [0.1, 0.15) is 12.0 Å². The number of phenolic OH excluding ortho intramolecular Hbond substituents is 1. The van der Waals surface area contributed by atoms with Crippen molar-refractivity contribution in [3.8, 4) is 11.5 Å². The van der Waals surface area contributed by atoms with Gasteiger partial charge in [0.25, 0.3) is 0 Å². The highest BCUT2D eigenvalue weighted by molar-refractivity contribution is 5.97. The lowest BCUT2D eigenvalue weighted by Crippen LogP contribution is -2.49. The summed E-state index contributed by atoms with van der Waals surface area (Å²) < 4.78 is 18.7. The maximum atomic E-state index is 13.1. The van der Waals surface area contributed by atoms with Gasteiger partial charge in [0.05, 0.1) is 6.10 Å². The van der Waals surface area contributed by atoms with Crippen molar-refractivity contribution in [2.75, 3.05) is 0 Å². The van der Waals surface area contributed by atoms with E-state index in [0.29, 0.717) is 5.56 Å². The molecular formula is C22H23FN2O6. The van der Waals surface area contributed by atoms with E-state index in [-0.39, 0.29) is 29.9 Å². The number of carbonyl (C=O) groups is 2. The van der Waals surface area contributed by atoms with E-state index in [2.05, 4.69) is 5.32 Å². The van der Waals surface area contributed by atoms with Gasteiger partial charge in [-0.2, -0.15) is 0 Å². The number of primary amides is 1. The third-order valence-electron chi connectivity index (χ3n) is 4.93. The van der Waals surface area contributed by atoms with Crippen LogP contribution in [-0.2, 0) is 16.0 Å². The van der Waals surface area contributed by atoms with Crippen molar-refractivity contribution in [2.45, 2.75) is 37.2 Å². The van der Waals surface area contributed by atoms with Crippen LogP contribution in [0.4, 0.5) is 4.39 Å². The Morgan fingerprint density at radius 2 is 1.77 bits per heavy atom. The van der Waals surface area contributed by atoms with Crippen molar-refractivity contribution < 1.29 is 34.0 Å².